The lowest BCUT2D eigenvalue weighted by molar-refractivity contribution is 0.251. The largest absolute Gasteiger partial charge is 0.334 e. The number of rotatable bonds is 4. The average molecular weight is 339 g/mol. The molecule has 0 bridgehead atoms. The fourth-order valence-electron chi connectivity index (χ4n) is 2.32. The molecule has 122 valence electrons. The van der Waals surface area contributed by atoms with Gasteiger partial charge in [-0.05, 0) is 48.0 Å². The molecule has 3 aromatic rings. The normalized spacial score (nSPS) is 11.9. The summed E-state index contributed by atoms with van der Waals surface area (Å²) in [7, 11) is -1.02. The summed E-state index contributed by atoms with van der Waals surface area (Å²) in [6.07, 6.45) is 3.38. The zero-order chi connectivity index (χ0) is 16.9. The molecule has 0 saturated heterocycles. The van der Waals surface area contributed by atoms with Gasteiger partial charge in [0.25, 0.3) is 0 Å². The van der Waals surface area contributed by atoms with Gasteiger partial charge in [-0.3, -0.25) is 9.19 Å². The van der Waals surface area contributed by atoms with E-state index in [1.807, 2.05) is 30.3 Å². The van der Waals surface area contributed by atoms with Crippen LogP contribution in [-0.2, 0) is 17.3 Å². The Bertz CT molecular complexity index is 894. The molecule has 2 aromatic carbocycles. The molecule has 0 saturated carbocycles. The van der Waals surface area contributed by atoms with Gasteiger partial charge in [0.1, 0.15) is 0 Å². The molecule has 0 fully saturated rings. The number of nitrogens with one attached hydrogen (secondary N) is 2. The van der Waals surface area contributed by atoms with Crippen molar-refractivity contribution in [1.82, 2.24) is 10.3 Å². The molecule has 1 atom stereocenters. The van der Waals surface area contributed by atoms with Gasteiger partial charge in [-0.1, -0.05) is 12.1 Å². The second kappa shape index (κ2) is 7.23. The number of nitrogens with zero attached hydrogens (tertiary/aromatic N) is 1. The second-order valence-electron chi connectivity index (χ2n) is 5.32. The first-order valence-electron chi connectivity index (χ1n) is 7.44. The van der Waals surface area contributed by atoms with Crippen molar-refractivity contribution in [1.29, 1.82) is 0 Å². The molecule has 0 aliphatic carbocycles. The highest BCUT2D eigenvalue weighted by molar-refractivity contribution is 7.84. The number of hydrogen-bond donors (Lipinski definition) is 2. The number of aromatic nitrogens is 1. The third kappa shape index (κ3) is 3.97. The number of pyridine rings is 1. The van der Waals surface area contributed by atoms with Crippen molar-refractivity contribution in [2.45, 2.75) is 11.4 Å². The van der Waals surface area contributed by atoms with Crippen molar-refractivity contribution in [3.8, 4) is 0 Å². The Labute approximate surface area is 142 Å². The molecule has 0 radical (unpaired) electrons. The molecule has 1 heterocycles. The Kier molecular flexibility index (Phi) is 4.86. The molecule has 24 heavy (non-hydrogen) atoms. The number of amides is 2. The summed E-state index contributed by atoms with van der Waals surface area (Å²) in [5.74, 6) is 0. The Morgan fingerprint density at radius 1 is 1.12 bits per heavy atom. The first-order chi connectivity index (χ1) is 11.6. The molecule has 2 amide bonds. The first-order valence-corrected chi connectivity index (χ1v) is 8.99. The number of urea groups is 1. The predicted octanol–water partition coefficient (Wildman–Crippen LogP) is 3.29. The SMILES string of the molecule is C[S@](=O)c1ccc(NC(=O)NCc2ccc3ncccc3c2)cc1. The zero-order valence-corrected chi connectivity index (χ0v) is 14.0. The maximum absolute atomic E-state index is 12.0. The Morgan fingerprint density at radius 3 is 2.67 bits per heavy atom. The molecular formula is C18H17N3O2S. The maximum atomic E-state index is 12.0. The van der Waals surface area contributed by atoms with Crippen LogP contribution in [0.3, 0.4) is 0 Å². The number of carbonyl (C=O) groups is 1. The fourth-order valence-corrected chi connectivity index (χ4v) is 2.84. The minimum atomic E-state index is -1.02. The van der Waals surface area contributed by atoms with Crippen molar-refractivity contribution in [2.75, 3.05) is 11.6 Å². The summed E-state index contributed by atoms with van der Waals surface area (Å²) in [6.45, 7) is 0.424. The van der Waals surface area contributed by atoms with E-state index in [9.17, 15) is 9.00 Å². The molecule has 6 heteroatoms. The van der Waals surface area contributed by atoms with Gasteiger partial charge in [0.15, 0.2) is 0 Å². The Morgan fingerprint density at radius 2 is 1.92 bits per heavy atom. The molecule has 1 aromatic heterocycles. The number of anilines is 1. The smallest absolute Gasteiger partial charge is 0.319 e. The summed E-state index contributed by atoms with van der Waals surface area (Å²) < 4.78 is 11.3. The minimum absolute atomic E-state index is 0.286. The quantitative estimate of drug-likeness (QED) is 0.766. The maximum Gasteiger partial charge on any atom is 0.319 e. The van der Waals surface area contributed by atoms with Crippen molar-refractivity contribution in [3.63, 3.8) is 0 Å². The summed E-state index contributed by atoms with van der Waals surface area (Å²) in [4.78, 5) is 17.0. The first kappa shape index (κ1) is 16.1. The predicted molar refractivity (Wildman–Crippen MR) is 96.4 cm³/mol. The standard InChI is InChI=1S/C18H17N3O2S/c1-24(23)16-7-5-15(6-8-16)21-18(22)20-12-13-4-9-17-14(11-13)3-2-10-19-17/h2-11H,12H2,1H3,(H2,20,21,22)/t24-/m0/s1. The van der Waals surface area contributed by atoms with Crippen LogP contribution < -0.4 is 10.6 Å². The molecule has 5 nitrogen and oxygen atoms in total. The van der Waals surface area contributed by atoms with Gasteiger partial charge in [0, 0.05) is 45.8 Å². The summed E-state index contributed by atoms with van der Waals surface area (Å²) >= 11 is 0. The summed E-state index contributed by atoms with van der Waals surface area (Å²) in [6, 6.07) is 16.4. The van der Waals surface area contributed by atoms with Crippen molar-refractivity contribution in [2.24, 2.45) is 0 Å². The monoisotopic (exact) mass is 339 g/mol. The third-order valence-corrected chi connectivity index (χ3v) is 4.50. The molecule has 3 rings (SSSR count). The van der Waals surface area contributed by atoms with E-state index in [-0.39, 0.29) is 6.03 Å². The molecule has 0 aliphatic rings. The Balaban J connectivity index is 1.59. The molecule has 0 unspecified atom stereocenters. The van der Waals surface area contributed by atoms with Crippen LogP contribution in [0.1, 0.15) is 5.56 Å². The van der Waals surface area contributed by atoms with E-state index in [0.717, 1.165) is 21.4 Å². The number of hydrogen-bond acceptors (Lipinski definition) is 3. The van der Waals surface area contributed by atoms with Crippen molar-refractivity contribution < 1.29 is 9.00 Å². The number of carbonyl (C=O) groups excluding carboxylic acids is 1. The van der Waals surface area contributed by atoms with E-state index < -0.39 is 10.8 Å². The molecule has 0 aliphatic heterocycles. The van der Waals surface area contributed by atoms with Crippen LogP contribution in [0.15, 0.2) is 65.7 Å². The Hall–Kier alpha value is -2.73. The van der Waals surface area contributed by atoms with E-state index >= 15 is 0 Å². The van der Waals surface area contributed by atoms with Crippen LogP contribution in [0, 0.1) is 0 Å². The van der Waals surface area contributed by atoms with Crippen LogP contribution in [0.2, 0.25) is 0 Å². The highest BCUT2D eigenvalue weighted by Gasteiger charge is 2.04. The molecule has 0 spiro atoms. The molecular weight excluding hydrogens is 322 g/mol. The second-order valence-corrected chi connectivity index (χ2v) is 6.70. The van der Waals surface area contributed by atoms with Crippen molar-refractivity contribution >= 4 is 33.4 Å². The topological polar surface area (TPSA) is 71.1 Å². The van der Waals surface area contributed by atoms with Crippen LogP contribution in [0.5, 0.6) is 0 Å². The average Bonchev–Trinajstić information content (AvgIpc) is 2.60. The van der Waals surface area contributed by atoms with Crippen molar-refractivity contribution in [3.05, 3.63) is 66.4 Å². The minimum Gasteiger partial charge on any atom is -0.334 e. The van der Waals surface area contributed by atoms with Crippen LogP contribution in [-0.4, -0.2) is 21.5 Å². The highest BCUT2D eigenvalue weighted by Crippen LogP contribution is 2.14. The zero-order valence-electron chi connectivity index (χ0n) is 13.2. The van der Waals surface area contributed by atoms with Gasteiger partial charge >= 0.3 is 6.03 Å². The van der Waals surface area contributed by atoms with Gasteiger partial charge in [-0.25, -0.2) is 4.79 Å². The van der Waals surface area contributed by atoms with Crippen LogP contribution >= 0.6 is 0 Å². The van der Waals surface area contributed by atoms with Gasteiger partial charge < -0.3 is 10.6 Å². The lowest BCUT2D eigenvalue weighted by Gasteiger charge is -2.09. The highest BCUT2D eigenvalue weighted by atomic mass is 32.2. The lowest BCUT2D eigenvalue weighted by atomic mass is 10.1. The van der Waals surface area contributed by atoms with Crippen LogP contribution in [0.25, 0.3) is 10.9 Å². The lowest BCUT2D eigenvalue weighted by Crippen LogP contribution is -2.28. The molecule has 2 N–H and O–H groups in total. The summed E-state index contributed by atoms with van der Waals surface area (Å²) in [5, 5.41) is 6.62. The summed E-state index contributed by atoms with van der Waals surface area (Å²) in [5.41, 5.74) is 2.59. The van der Waals surface area contributed by atoms with E-state index in [1.54, 1.807) is 36.7 Å². The number of fused-ring (bicyclic) bond motifs is 1. The van der Waals surface area contributed by atoms with Crippen LogP contribution in [0.4, 0.5) is 10.5 Å². The van der Waals surface area contributed by atoms with E-state index in [4.69, 9.17) is 0 Å². The number of benzene rings is 2. The third-order valence-electron chi connectivity index (χ3n) is 3.56. The van der Waals surface area contributed by atoms with Gasteiger partial charge in [0.2, 0.25) is 0 Å². The fraction of sp³-hybridized carbons (Fsp3) is 0.111. The van der Waals surface area contributed by atoms with Gasteiger partial charge in [-0.15, -0.1) is 0 Å². The van der Waals surface area contributed by atoms with Gasteiger partial charge in [-0.2, -0.15) is 0 Å². The van der Waals surface area contributed by atoms with E-state index in [0.29, 0.717) is 12.2 Å². The van der Waals surface area contributed by atoms with Gasteiger partial charge in [0.05, 0.1) is 5.52 Å². The van der Waals surface area contributed by atoms with E-state index in [2.05, 4.69) is 15.6 Å². The van der Waals surface area contributed by atoms with E-state index in [1.165, 1.54) is 0 Å².